The number of benzene rings is 2. The van der Waals surface area contributed by atoms with Gasteiger partial charge in [0.2, 0.25) is 0 Å². The summed E-state index contributed by atoms with van der Waals surface area (Å²) in [6, 6.07) is 9.10. The maximum Gasteiger partial charge on any atom is 0.416 e. The molecule has 4 atom stereocenters. The summed E-state index contributed by atoms with van der Waals surface area (Å²) in [5.74, 6) is 0.223. The van der Waals surface area contributed by atoms with Gasteiger partial charge in [0.25, 0.3) is 0 Å². The molecular formula is C24H25F6N3O. The van der Waals surface area contributed by atoms with Crippen molar-refractivity contribution in [1.82, 2.24) is 15.1 Å². The average Bonchev–Trinajstić information content (AvgIpc) is 3.40. The number of hydrogen-bond acceptors (Lipinski definition) is 2. The highest BCUT2D eigenvalue weighted by atomic mass is 19.4. The monoisotopic (exact) mass is 485 g/mol. The van der Waals surface area contributed by atoms with Gasteiger partial charge in [-0.3, -0.25) is 0 Å². The van der Waals surface area contributed by atoms with Crippen LogP contribution in [0.25, 0.3) is 0 Å². The van der Waals surface area contributed by atoms with E-state index < -0.39 is 35.6 Å². The summed E-state index contributed by atoms with van der Waals surface area (Å²) in [5.41, 5.74) is -2.40. The Kier molecular flexibility index (Phi) is 5.86. The predicted octanol–water partition coefficient (Wildman–Crippen LogP) is 5.87. The van der Waals surface area contributed by atoms with Crippen LogP contribution in [-0.2, 0) is 12.4 Å². The molecule has 1 unspecified atom stereocenters. The standard InChI is InChI=1S/C24H25F6N3O/c1-14(16-9-17(23(25,26)27)11-18(10-16)24(28,29)30)32(3)21(34)33-13-19-12-22(19,31-2)20(33)15-7-5-4-6-8-15/h4-11,14,19-20,31H,12-13H2,1-3H3/t14-,19?,20-,22-/m0/s1. The van der Waals surface area contributed by atoms with E-state index in [1.54, 1.807) is 4.90 Å². The highest BCUT2D eigenvalue weighted by Gasteiger charge is 2.66. The molecule has 1 heterocycles. The molecule has 1 aliphatic heterocycles. The Hall–Kier alpha value is -2.75. The number of likely N-dealkylation sites (tertiary alicyclic amines) is 1. The number of fused-ring (bicyclic) bond motifs is 1. The lowest BCUT2D eigenvalue weighted by Crippen LogP contribution is -2.47. The zero-order valence-corrected chi connectivity index (χ0v) is 18.8. The highest BCUT2D eigenvalue weighted by Crippen LogP contribution is 2.60. The summed E-state index contributed by atoms with van der Waals surface area (Å²) < 4.78 is 79.9. The minimum absolute atomic E-state index is 0.0914. The van der Waals surface area contributed by atoms with Crippen molar-refractivity contribution >= 4 is 6.03 Å². The first-order chi connectivity index (χ1) is 15.8. The lowest BCUT2D eigenvalue weighted by Gasteiger charge is -2.37. The van der Waals surface area contributed by atoms with E-state index in [1.807, 2.05) is 37.4 Å². The average molecular weight is 485 g/mol. The second-order valence-electron chi connectivity index (χ2n) is 9.07. The summed E-state index contributed by atoms with van der Waals surface area (Å²) in [6.45, 7) is 1.88. The van der Waals surface area contributed by atoms with Gasteiger partial charge in [0.05, 0.1) is 23.2 Å². The number of amides is 2. The Morgan fingerprint density at radius 2 is 1.62 bits per heavy atom. The van der Waals surface area contributed by atoms with Gasteiger partial charge >= 0.3 is 18.4 Å². The largest absolute Gasteiger partial charge is 0.416 e. The second-order valence-corrected chi connectivity index (χ2v) is 9.07. The lowest BCUT2D eigenvalue weighted by atomic mass is 9.97. The molecule has 2 aromatic rings. The maximum absolute atomic E-state index is 13.5. The third kappa shape index (κ3) is 4.12. The molecule has 0 bridgehead atoms. The maximum atomic E-state index is 13.5. The van der Waals surface area contributed by atoms with Crippen LogP contribution in [0.2, 0.25) is 0 Å². The van der Waals surface area contributed by atoms with Crippen LogP contribution in [0.4, 0.5) is 31.1 Å². The fraction of sp³-hybridized carbons (Fsp3) is 0.458. The summed E-state index contributed by atoms with van der Waals surface area (Å²) in [7, 11) is 3.23. The number of halogens is 6. The Labute approximate surface area is 193 Å². The Bertz CT molecular complexity index is 1030. The SMILES string of the molecule is CN[C@@]12CC1CN(C(=O)N(C)[C@@H](C)c1cc(C(F)(F)F)cc(C(F)(F)F)c1)[C@H]2c1ccccc1. The number of hydrogen-bond donors (Lipinski definition) is 1. The highest BCUT2D eigenvalue weighted by molar-refractivity contribution is 5.77. The van der Waals surface area contributed by atoms with Crippen LogP contribution in [0.5, 0.6) is 0 Å². The van der Waals surface area contributed by atoms with Crippen molar-refractivity contribution in [2.24, 2.45) is 5.92 Å². The molecule has 2 fully saturated rings. The van der Waals surface area contributed by atoms with Crippen molar-refractivity contribution in [2.75, 3.05) is 20.6 Å². The molecule has 2 amide bonds. The van der Waals surface area contributed by atoms with Crippen molar-refractivity contribution in [3.05, 3.63) is 70.8 Å². The minimum atomic E-state index is -4.95. The van der Waals surface area contributed by atoms with Crippen LogP contribution < -0.4 is 5.32 Å². The summed E-state index contributed by atoms with van der Waals surface area (Å²) in [5, 5.41) is 3.33. The van der Waals surface area contributed by atoms with Crippen LogP contribution in [-0.4, -0.2) is 42.0 Å². The van der Waals surface area contributed by atoms with Crippen LogP contribution in [0.1, 0.15) is 47.7 Å². The lowest BCUT2D eigenvalue weighted by molar-refractivity contribution is -0.143. The molecule has 0 aromatic heterocycles. The summed E-state index contributed by atoms with van der Waals surface area (Å²) in [4.78, 5) is 16.4. The topological polar surface area (TPSA) is 35.6 Å². The molecule has 1 saturated heterocycles. The molecule has 4 rings (SSSR count). The van der Waals surface area contributed by atoms with Crippen molar-refractivity contribution in [2.45, 2.75) is 43.3 Å². The van der Waals surface area contributed by atoms with Gasteiger partial charge in [0.15, 0.2) is 0 Å². The number of nitrogens with zero attached hydrogens (tertiary/aromatic N) is 2. The van der Waals surface area contributed by atoms with Gasteiger partial charge in [-0.1, -0.05) is 30.3 Å². The number of likely N-dealkylation sites (N-methyl/N-ethyl adjacent to an activating group) is 1. The van der Waals surface area contributed by atoms with Crippen LogP contribution in [0, 0.1) is 5.92 Å². The number of nitrogens with one attached hydrogen (secondary N) is 1. The van der Waals surface area contributed by atoms with E-state index in [1.165, 1.54) is 18.9 Å². The van der Waals surface area contributed by atoms with Crippen molar-refractivity contribution < 1.29 is 31.1 Å². The number of alkyl halides is 6. The second kappa shape index (κ2) is 8.18. The first kappa shape index (κ1) is 24.4. The third-order valence-corrected chi connectivity index (χ3v) is 7.17. The summed E-state index contributed by atoms with van der Waals surface area (Å²) in [6.07, 6.45) is -9.02. The molecule has 4 nitrogen and oxygen atoms in total. The first-order valence-corrected chi connectivity index (χ1v) is 10.9. The molecule has 0 spiro atoms. The quantitative estimate of drug-likeness (QED) is 0.550. The van der Waals surface area contributed by atoms with Gasteiger partial charge in [-0.05, 0) is 55.6 Å². The molecule has 0 radical (unpaired) electrons. The molecule has 1 aliphatic carbocycles. The molecule has 2 aliphatic rings. The Morgan fingerprint density at radius 3 is 2.12 bits per heavy atom. The molecule has 10 heteroatoms. The van der Waals surface area contributed by atoms with Gasteiger partial charge in [-0.15, -0.1) is 0 Å². The fourth-order valence-corrected chi connectivity index (χ4v) is 5.09. The predicted molar refractivity (Wildman–Crippen MR) is 114 cm³/mol. The van der Waals surface area contributed by atoms with Crippen LogP contribution >= 0.6 is 0 Å². The normalized spacial score (nSPS) is 25.1. The van der Waals surface area contributed by atoms with Gasteiger partial charge in [0.1, 0.15) is 0 Å². The smallest absolute Gasteiger partial charge is 0.321 e. The molecule has 34 heavy (non-hydrogen) atoms. The van der Waals surface area contributed by atoms with E-state index in [-0.39, 0.29) is 29.1 Å². The van der Waals surface area contributed by atoms with E-state index in [0.717, 1.165) is 12.0 Å². The molecular weight excluding hydrogens is 460 g/mol. The third-order valence-electron chi connectivity index (χ3n) is 7.17. The van der Waals surface area contributed by atoms with Crippen molar-refractivity contribution in [3.63, 3.8) is 0 Å². The van der Waals surface area contributed by atoms with Gasteiger partial charge in [-0.2, -0.15) is 26.3 Å². The number of carbonyl (C=O) groups excluding carboxylic acids is 1. The molecule has 2 aromatic carbocycles. The zero-order valence-electron chi connectivity index (χ0n) is 18.8. The zero-order chi connectivity index (χ0) is 25.1. The van der Waals surface area contributed by atoms with E-state index in [0.29, 0.717) is 18.7 Å². The van der Waals surface area contributed by atoms with Crippen molar-refractivity contribution in [3.8, 4) is 0 Å². The number of carbonyl (C=O) groups is 1. The van der Waals surface area contributed by atoms with Gasteiger partial charge < -0.3 is 15.1 Å². The number of piperidine rings is 1. The van der Waals surface area contributed by atoms with E-state index in [9.17, 15) is 31.1 Å². The van der Waals surface area contributed by atoms with Crippen LogP contribution in [0.3, 0.4) is 0 Å². The van der Waals surface area contributed by atoms with E-state index >= 15 is 0 Å². The van der Waals surface area contributed by atoms with E-state index in [2.05, 4.69) is 5.32 Å². The molecule has 1 N–H and O–H groups in total. The summed E-state index contributed by atoms with van der Waals surface area (Å²) >= 11 is 0. The first-order valence-electron chi connectivity index (χ1n) is 10.9. The Balaban J connectivity index is 1.66. The Morgan fingerprint density at radius 1 is 1.06 bits per heavy atom. The van der Waals surface area contributed by atoms with Gasteiger partial charge in [0, 0.05) is 19.1 Å². The van der Waals surface area contributed by atoms with Gasteiger partial charge in [-0.25, -0.2) is 4.79 Å². The van der Waals surface area contributed by atoms with Crippen molar-refractivity contribution in [1.29, 1.82) is 0 Å². The number of urea groups is 1. The van der Waals surface area contributed by atoms with Crippen LogP contribution in [0.15, 0.2) is 48.5 Å². The minimum Gasteiger partial charge on any atom is -0.321 e. The molecule has 1 saturated carbocycles. The molecule has 184 valence electrons. The fourth-order valence-electron chi connectivity index (χ4n) is 5.09. The van der Waals surface area contributed by atoms with E-state index in [4.69, 9.17) is 0 Å². The number of rotatable bonds is 4.